The smallest absolute Gasteiger partial charge is 0.260 e. The summed E-state index contributed by atoms with van der Waals surface area (Å²) in [4.78, 5) is 55.9. The molecule has 8 rings (SSSR count). The van der Waals surface area contributed by atoms with Gasteiger partial charge in [0.05, 0.1) is 28.9 Å². The van der Waals surface area contributed by atoms with Crippen molar-refractivity contribution >= 4 is 51.7 Å². The number of hydrogen-bond donors (Lipinski definition) is 3. The lowest BCUT2D eigenvalue weighted by Gasteiger charge is -2.51. The molecule has 4 amide bonds. The minimum absolute atomic E-state index is 0.0587. The molecule has 0 aromatic heterocycles. The molecule has 8 nitrogen and oxygen atoms in total. The summed E-state index contributed by atoms with van der Waals surface area (Å²) in [5.41, 5.74) is 3.39. The molecule has 230 valence electrons. The topological polar surface area (TPSA) is 116 Å². The number of imide groups is 2. The number of hydrogen-bond acceptors (Lipinski definition) is 6. The first-order chi connectivity index (χ1) is 22.2. The van der Waals surface area contributed by atoms with Crippen molar-refractivity contribution in [3.05, 3.63) is 119 Å². The number of rotatable bonds is 4. The first-order valence-corrected chi connectivity index (χ1v) is 15.5. The van der Waals surface area contributed by atoms with E-state index in [0.717, 1.165) is 16.0 Å². The molecule has 6 unspecified atom stereocenters. The fraction of sp³-hybridized carbons (Fsp3) is 0.222. The average molecular weight is 636 g/mol. The number of halogens is 2. The van der Waals surface area contributed by atoms with E-state index in [9.17, 15) is 23.9 Å². The van der Waals surface area contributed by atoms with Crippen LogP contribution in [0.15, 0.2) is 96.6 Å². The van der Waals surface area contributed by atoms with Gasteiger partial charge in [-0.05, 0) is 77.6 Å². The number of benzene rings is 4. The third-order valence-corrected chi connectivity index (χ3v) is 10.6. The van der Waals surface area contributed by atoms with Crippen molar-refractivity contribution in [2.45, 2.75) is 24.2 Å². The Kier molecular flexibility index (Phi) is 6.34. The van der Waals surface area contributed by atoms with E-state index in [-0.39, 0.29) is 24.5 Å². The van der Waals surface area contributed by atoms with Crippen LogP contribution in [-0.2, 0) is 24.6 Å². The predicted molar refractivity (Wildman–Crippen MR) is 168 cm³/mol. The van der Waals surface area contributed by atoms with E-state index < -0.39 is 58.5 Å². The normalized spacial score (nSPS) is 28.4. The number of phenols is 1. The highest BCUT2D eigenvalue weighted by molar-refractivity contribution is 6.30. The van der Waals surface area contributed by atoms with E-state index in [1.54, 1.807) is 36.4 Å². The van der Waals surface area contributed by atoms with Crippen LogP contribution in [-0.4, -0.2) is 33.7 Å². The van der Waals surface area contributed by atoms with Gasteiger partial charge < -0.3 is 5.11 Å². The lowest BCUT2D eigenvalue weighted by molar-refractivity contribution is -0.138. The molecule has 0 bridgehead atoms. The number of phenolic OH excluding ortho intramolecular Hbond substituents is 1. The van der Waals surface area contributed by atoms with Crippen molar-refractivity contribution in [1.82, 2.24) is 10.3 Å². The van der Waals surface area contributed by atoms with Crippen molar-refractivity contribution in [2.24, 2.45) is 23.7 Å². The molecule has 10 heteroatoms. The fourth-order valence-corrected chi connectivity index (χ4v) is 8.59. The molecule has 46 heavy (non-hydrogen) atoms. The Morgan fingerprint density at radius 3 is 2.39 bits per heavy atom. The molecule has 6 atom stereocenters. The molecular weight excluding hydrogens is 609 g/mol. The van der Waals surface area contributed by atoms with Crippen LogP contribution in [0, 0.1) is 29.5 Å². The molecule has 3 fully saturated rings. The number of nitrogens with zero attached hydrogens (tertiary/aromatic N) is 1. The van der Waals surface area contributed by atoms with Gasteiger partial charge in [-0.1, -0.05) is 65.7 Å². The third kappa shape index (κ3) is 3.91. The summed E-state index contributed by atoms with van der Waals surface area (Å²) >= 11 is 6.33. The van der Waals surface area contributed by atoms with Crippen molar-refractivity contribution in [3.63, 3.8) is 0 Å². The third-order valence-electron chi connectivity index (χ3n) is 10.3. The summed E-state index contributed by atoms with van der Waals surface area (Å²) in [5, 5.41) is 17.1. The maximum atomic E-state index is 15.2. The van der Waals surface area contributed by atoms with Crippen molar-refractivity contribution in [3.8, 4) is 5.75 Å². The van der Waals surface area contributed by atoms with E-state index >= 15 is 4.79 Å². The number of fused-ring (bicyclic) bond motifs is 5. The van der Waals surface area contributed by atoms with Gasteiger partial charge >= 0.3 is 0 Å². The predicted octanol–water partition coefficient (Wildman–Crippen LogP) is 5.61. The summed E-state index contributed by atoms with van der Waals surface area (Å²) < 4.78 is 13.8. The Labute approximate surface area is 267 Å². The van der Waals surface area contributed by atoms with Crippen LogP contribution in [0.3, 0.4) is 0 Å². The highest BCUT2D eigenvalue weighted by Gasteiger charge is 2.70. The van der Waals surface area contributed by atoms with Gasteiger partial charge in [0.1, 0.15) is 11.6 Å². The van der Waals surface area contributed by atoms with Crippen molar-refractivity contribution in [2.75, 3.05) is 5.43 Å². The second-order valence-corrected chi connectivity index (χ2v) is 12.9. The number of amides is 4. The molecule has 2 aliphatic carbocycles. The minimum atomic E-state index is -1.58. The number of hydrazine groups is 1. The van der Waals surface area contributed by atoms with E-state index in [4.69, 9.17) is 11.6 Å². The first-order valence-electron chi connectivity index (χ1n) is 15.1. The maximum Gasteiger partial charge on any atom is 0.260 e. The summed E-state index contributed by atoms with van der Waals surface area (Å²) in [6.45, 7) is 0. The SMILES string of the molecule is O=C1NC(=O)C2C1CC=C1C2CC2C(=O)N(Nc3ccc(F)cc3)C(=O)C2(c2ccc(Cl)cc2)C1c1c(O)ccc2ccccc12. The zero-order valence-electron chi connectivity index (χ0n) is 24.2. The monoisotopic (exact) mass is 635 g/mol. The Bertz CT molecular complexity index is 2010. The summed E-state index contributed by atoms with van der Waals surface area (Å²) in [6, 6.07) is 23.0. The highest BCUT2D eigenvalue weighted by Crippen LogP contribution is 2.65. The molecule has 0 spiro atoms. The van der Waals surface area contributed by atoms with Crippen molar-refractivity contribution in [1.29, 1.82) is 0 Å². The first kappa shape index (κ1) is 28.5. The van der Waals surface area contributed by atoms with E-state index in [1.807, 2.05) is 30.3 Å². The Balaban J connectivity index is 1.43. The van der Waals surface area contributed by atoms with Crippen LogP contribution < -0.4 is 10.7 Å². The number of carbonyl (C=O) groups is 4. The second kappa shape index (κ2) is 10.3. The molecule has 4 aromatic carbocycles. The maximum absolute atomic E-state index is 15.2. The molecule has 4 aliphatic rings. The summed E-state index contributed by atoms with van der Waals surface area (Å²) in [6.07, 6.45) is 2.32. The van der Waals surface area contributed by atoms with Gasteiger partial charge in [-0.3, -0.25) is 29.9 Å². The standard InChI is InChI=1S/C36H27ClFN3O5/c37-20-8-6-19(7-9-20)36-27(34(45)41(35(36)46)40-22-12-10-21(38)11-13-22)17-26-24(14-15-25-29(26)33(44)39-32(25)43)31(36)30-23-4-2-1-3-18(23)5-16-28(30)42/h1-14,16,25-27,29,31,40,42H,15,17H2,(H,39,43,44). The van der Waals surface area contributed by atoms with Gasteiger partial charge in [0.25, 0.3) is 11.8 Å². The number of carbonyl (C=O) groups excluding carboxylic acids is 4. The summed E-state index contributed by atoms with van der Waals surface area (Å²) in [7, 11) is 0. The van der Waals surface area contributed by atoms with E-state index in [1.165, 1.54) is 24.3 Å². The molecule has 3 N–H and O–H groups in total. The molecule has 2 aliphatic heterocycles. The lowest BCUT2D eigenvalue weighted by Crippen LogP contribution is -2.53. The number of nitrogens with one attached hydrogen (secondary N) is 2. The minimum Gasteiger partial charge on any atom is -0.508 e. The van der Waals surface area contributed by atoms with Crippen LogP contribution in [0.5, 0.6) is 5.75 Å². The molecule has 0 radical (unpaired) electrons. The fourth-order valence-electron chi connectivity index (χ4n) is 8.47. The molecule has 1 saturated carbocycles. The zero-order chi connectivity index (χ0) is 31.9. The van der Waals surface area contributed by atoms with Gasteiger partial charge in [0.15, 0.2) is 0 Å². The quantitative estimate of drug-likeness (QED) is 0.198. The zero-order valence-corrected chi connectivity index (χ0v) is 25.0. The van der Waals surface area contributed by atoms with E-state index in [2.05, 4.69) is 10.7 Å². The van der Waals surface area contributed by atoms with Crippen LogP contribution >= 0.6 is 11.6 Å². The average Bonchev–Trinajstić information content (AvgIpc) is 3.46. The van der Waals surface area contributed by atoms with Gasteiger partial charge in [-0.25, -0.2) is 4.39 Å². The number of aromatic hydroxyl groups is 1. The molecule has 4 aromatic rings. The molecule has 2 saturated heterocycles. The van der Waals surface area contributed by atoms with Gasteiger partial charge in [-0.2, -0.15) is 5.01 Å². The van der Waals surface area contributed by atoms with Crippen LogP contribution in [0.2, 0.25) is 5.02 Å². The van der Waals surface area contributed by atoms with Gasteiger partial charge in [0.2, 0.25) is 11.8 Å². The van der Waals surface area contributed by atoms with Crippen LogP contribution in [0.1, 0.15) is 29.9 Å². The Morgan fingerprint density at radius 1 is 0.891 bits per heavy atom. The Morgan fingerprint density at radius 2 is 1.63 bits per heavy atom. The lowest BCUT2D eigenvalue weighted by atomic mass is 9.48. The van der Waals surface area contributed by atoms with Crippen molar-refractivity contribution < 1.29 is 28.7 Å². The van der Waals surface area contributed by atoms with Gasteiger partial charge in [0, 0.05) is 16.5 Å². The molecular formula is C36H27ClFN3O5. The largest absolute Gasteiger partial charge is 0.508 e. The highest BCUT2D eigenvalue weighted by atomic mass is 35.5. The van der Waals surface area contributed by atoms with E-state index in [0.29, 0.717) is 27.2 Å². The Hall–Kier alpha value is -5.02. The molecule has 2 heterocycles. The van der Waals surface area contributed by atoms with Crippen LogP contribution in [0.4, 0.5) is 10.1 Å². The second-order valence-electron chi connectivity index (χ2n) is 12.4. The number of allylic oxidation sites excluding steroid dienone is 2. The summed E-state index contributed by atoms with van der Waals surface area (Å²) in [5.74, 6) is -6.13. The van der Waals surface area contributed by atoms with Crippen LogP contribution in [0.25, 0.3) is 10.8 Å². The van der Waals surface area contributed by atoms with Gasteiger partial charge in [-0.15, -0.1) is 0 Å². The number of anilines is 1.